The van der Waals surface area contributed by atoms with Gasteiger partial charge in [0.2, 0.25) is 0 Å². The SMILES string of the molecule is CC1/C=C\C=C/C(C)N(C)C2=C1CC=CC=C2. The van der Waals surface area contributed by atoms with Crippen molar-refractivity contribution >= 4 is 0 Å². The first kappa shape index (κ1) is 12.0. The summed E-state index contributed by atoms with van der Waals surface area (Å²) >= 11 is 0. The summed E-state index contributed by atoms with van der Waals surface area (Å²) in [5.41, 5.74) is 2.87. The van der Waals surface area contributed by atoms with Crippen LogP contribution in [0.4, 0.5) is 0 Å². The van der Waals surface area contributed by atoms with Gasteiger partial charge in [-0.25, -0.2) is 0 Å². The molecule has 1 heteroatoms. The van der Waals surface area contributed by atoms with Gasteiger partial charge in [0.15, 0.2) is 0 Å². The Morgan fingerprint density at radius 1 is 1.06 bits per heavy atom. The molecule has 1 aliphatic heterocycles. The van der Waals surface area contributed by atoms with Gasteiger partial charge in [-0.2, -0.15) is 0 Å². The minimum absolute atomic E-state index is 0.428. The molecule has 17 heavy (non-hydrogen) atoms. The molecule has 0 radical (unpaired) electrons. The Morgan fingerprint density at radius 3 is 2.65 bits per heavy atom. The van der Waals surface area contributed by atoms with E-state index in [1.54, 1.807) is 0 Å². The standard InChI is InChI=1S/C16H21N/c1-13-9-7-8-10-14(2)17(3)16-12-6-4-5-11-15(13)16/h4-10,12-14H,11H2,1-3H3/b9-7-,10-8-. The van der Waals surface area contributed by atoms with Gasteiger partial charge < -0.3 is 4.90 Å². The highest BCUT2D eigenvalue weighted by molar-refractivity contribution is 5.36. The molecule has 0 aromatic heterocycles. The molecule has 0 bridgehead atoms. The molecule has 1 aliphatic carbocycles. The maximum absolute atomic E-state index is 2.36. The van der Waals surface area contributed by atoms with Crippen molar-refractivity contribution in [2.75, 3.05) is 7.05 Å². The van der Waals surface area contributed by atoms with E-state index < -0.39 is 0 Å². The summed E-state index contributed by atoms with van der Waals surface area (Å²) in [6.07, 6.45) is 18.7. The molecule has 2 atom stereocenters. The second kappa shape index (κ2) is 5.22. The van der Waals surface area contributed by atoms with E-state index >= 15 is 0 Å². The van der Waals surface area contributed by atoms with Crippen LogP contribution in [0, 0.1) is 5.92 Å². The van der Waals surface area contributed by atoms with E-state index in [4.69, 9.17) is 0 Å². The molecule has 0 aromatic rings. The Kier molecular flexibility index (Phi) is 3.68. The molecule has 1 heterocycles. The fourth-order valence-corrected chi connectivity index (χ4v) is 2.32. The highest BCUT2D eigenvalue weighted by atomic mass is 15.1. The van der Waals surface area contributed by atoms with Gasteiger partial charge in [-0.15, -0.1) is 0 Å². The molecule has 0 aromatic carbocycles. The van der Waals surface area contributed by atoms with Crippen molar-refractivity contribution in [3.8, 4) is 0 Å². The molecule has 90 valence electrons. The van der Waals surface area contributed by atoms with Gasteiger partial charge in [-0.05, 0) is 30.9 Å². The van der Waals surface area contributed by atoms with Gasteiger partial charge in [-0.1, -0.05) is 49.5 Å². The zero-order chi connectivity index (χ0) is 12.3. The first-order valence-electron chi connectivity index (χ1n) is 6.34. The summed E-state index contributed by atoms with van der Waals surface area (Å²) in [6, 6.07) is 0.428. The van der Waals surface area contributed by atoms with E-state index in [9.17, 15) is 0 Å². The molecular weight excluding hydrogens is 206 g/mol. The average Bonchev–Trinajstić information content (AvgIpc) is 2.55. The molecule has 0 saturated heterocycles. The van der Waals surface area contributed by atoms with Crippen LogP contribution in [0.2, 0.25) is 0 Å². The number of nitrogens with zero attached hydrogens (tertiary/aromatic N) is 1. The van der Waals surface area contributed by atoms with Crippen LogP contribution in [-0.2, 0) is 0 Å². The topological polar surface area (TPSA) is 3.24 Å². The molecule has 0 fully saturated rings. The Balaban J connectivity index is 2.47. The molecule has 0 saturated carbocycles. The highest BCUT2D eigenvalue weighted by Crippen LogP contribution is 2.27. The first-order chi connectivity index (χ1) is 8.20. The summed E-state index contributed by atoms with van der Waals surface area (Å²) in [5.74, 6) is 0.495. The number of hydrogen-bond donors (Lipinski definition) is 0. The quantitative estimate of drug-likeness (QED) is 0.608. The van der Waals surface area contributed by atoms with Crippen molar-refractivity contribution in [2.45, 2.75) is 26.3 Å². The minimum Gasteiger partial charge on any atom is -0.368 e. The second-order valence-corrected chi connectivity index (χ2v) is 4.81. The van der Waals surface area contributed by atoms with Crippen LogP contribution in [0.3, 0.4) is 0 Å². The van der Waals surface area contributed by atoms with Crippen LogP contribution in [0.25, 0.3) is 0 Å². The van der Waals surface area contributed by atoms with Crippen molar-refractivity contribution in [1.29, 1.82) is 0 Å². The molecule has 0 spiro atoms. The molecule has 2 rings (SSSR count). The second-order valence-electron chi connectivity index (χ2n) is 4.81. The van der Waals surface area contributed by atoms with E-state index in [1.165, 1.54) is 11.3 Å². The van der Waals surface area contributed by atoms with Gasteiger partial charge in [0.25, 0.3) is 0 Å². The Labute approximate surface area is 105 Å². The van der Waals surface area contributed by atoms with Crippen LogP contribution in [-0.4, -0.2) is 18.0 Å². The maximum Gasteiger partial charge on any atom is 0.0444 e. The van der Waals surface area contributed by atoms with Crippen molar-refractivity contribution in [3.05, 3.63) is 59.9 Å². The summed E-state index contributed by atoms with van der Waals surface area (Å²) in [4.78, 5) is 2.36. The van der Waals surface area contributed by atoms with Gasteiger partial charge in [0, 0.05) is 18.8 Å². The van der Waals surface area contributed by atoms with Gasteiger partial charge >= 0.3 is 0 Å². The molecule has 0 N–H and O–H groups in total. The normalized spacial score (nSPS) is 32.3. The lowest BCUT2D eigenvalue weighted by Gasteiger charge is -2.28. The molecule has 2 aliphatic rings. The minimum atomic E-state index is 0.428. The van der Waals surface area contributed by atoms with Crippen LogP contribution < -0.4 is 0 Å². The van der Waals surface area contributed by atoms with E-state index in [2.05, 4.69) is 74.4 Å². The summed E-state index contributed by atoms with van der Waals surface area (Å²) in [7, 11) is 2.18. The monoisotopic (exact) mass is 227 g/mol. The zero-order valence-corrected chi connectivity index (χ0v) is 10.9. The fourth-order valence-electron chi connectivity index (χ4n) is 2.32. The number of rotatable bonds is 0. The van der Waals surface area contributed by atoms with Gasteiger partial charge in [0.05, 0.1) is 0 Å². The van der Waals surface area contributed by atoms with Crippen LogP contribution in [0.15, 0.2) is 59.9 Å². The molecule has 1 nitrogen and oxygen atoms in total. The smallest absolute Gasteiger partial charge is 0.0444 e. The van der Waals surface area contributed by atoms with E-state index in [0.717, 1.165) is 6.42 Å². The third kappa shape index (κ3) is 2.60. The summed E-state index contributed by atoms with van der Waals surface area (Å²) < 4.78 is 0. The van der Waals surface area contributed by atoms with Gasteiger partial charge in [-0.3, -0.25) is 0 Å². The van der Waals surface area contributed by atoms with Gasteiger partial charge in [0.1, 0.15) is 0 Å². The van der Waals surface area contributed by atoms with E-state index in [0.29, 0.717) is 12.0 Å². The fraction of sp³-hybridized carbons (Fsp3) is 0.375. The first-order valence-corrected chi connectivity index (χ1v) is 6.34. The van der Waals surface area contributed by atoms with E-state index in [1.807, 2.05) is 0 Å². The highest BCUT2D eigenvalue weighted by Gasteiger charge is 2.17. The Bertz CT molecular complexity index is 421. The molecular formula is C16H21N. The van der Waals surface area contributed by atoms with Crippen LogP contribution in [0.5, 0.6) is 0 Å². The number of allylic oxidation sites excluding steroid dienone is 8. The zero-order valence-electron chi connectivity index (χ0n) is 10.9. The summed E-state index contributed by atoms with van der Waals surface area (Å²) in [6.45, 7) is 4.51. The van der Waals surface area contributed by atoms with Crippen LogP contribution >= 0.6 is 0 Å². The number of hydrogen-bond acceptors (Lipinski definition) is 1. The molecule has 0 amide bonds. The maximum atomic E-state index is 2.36. The van der Waals surface area contributed by atoms with Crippen molar-refractivity contribution in [2.24, 2.45) is 5.92 Å². The third-order valence-electron chi connectivity index (χ3n) is 3.61. The van der Waals surface area contributed by atoms with Crippen LogP contribution in [0.1, 0.15) is 20.3 Å². The molecule has 2 unspecified atom stereocenters. The predicted octanol–water partition coefficient (Wildman–Crippen LogP) is 3.84. The lowest BCUT2D eigenvalue weighted by Crippen LogP contribution is -2.27. The summed E-state index contributed by atoms with van der Waals surface area (Å²) in [5, 5.41) is 0. The Morgan fingerprint density at radius 2 is 1.82 bits per heavy atom. The lowest BCUT2D eigenvalue weighted by atomic mass is 9.95. The van der Waals surface area contributed by atoms with Crippen molar-refractivity contribution in [1.82, 2.24) is 4.90 Å². The largest absolute Gasteiger partial charge is 0.368 e. The van der Waals surface area contributed by atoms with Crippen molar-refractivity contribution < 1.29 is 0 Å². The van der Waals surface area contributed by atoms with E-state index in [-0.39, 0.29) is 0 Å². The third-order valence-corrected chi connectivity index (χ3v) is 3.61. The average molecular weight is 227 g/mol. The predicted molar refractivity (Wildman–Crippen MR) is 74.6 cm³/mol. The number of likely N-dealkylation sites (N-methyl/N-ethyl adjacent to an activating group) is 1. The lowest BCUT2D eigenvalue weighted by molar-refractivity contribution is 0.377. The Hall–Kier alpha value is -1.50. The van der Waals surface area contributed by atoms with Crippen molar-refractivity contribution in [3.63, 3.8) is 0 Å².